The number of thiophene rings is 1. The highest BCUT2D eigenvalue weighted by Crippen LogP contribution is 2.29. The number of benzene rings is 1. The number of carbonyl (C=O) groups excluding carboxylic acids is 1. The van der Waals surface area contributed by atoms with Gasteiger partial charge in [-0.15, -0.1) is 11.3 Å². The number of nitrogens with two attached hydrogens (primary N) is 1. The van der Waals surface area contributed by atoms with Crippen molar-refractivity contribution >= 4 is 57.7 Å². The van der Waals surface area contributed by atoms with Gasteiger partial charge in [0.25, 0.3) is 5.91 Å². The second-order valence-electron chi connectivity index (χ2n) is 3.75. The summed E-state index contributed by atoms with van der Waals surface area (Å²) in [5.74, 6) is -0.269. The summed E-state index contributed by atoms with van der Waals surface area (Å²) in [7, 11) is 0. The Bertz CT molecular complexity index is 604. The predicted molar refractivity (Wildman–Crippen MR) is 81.4 cm³/mol. The van der Waals surface area contributed by atoms with Crippen LogP contribution in [-0.2, 0) is 6.54 Å². The Labute approximate surface area is 129 Å². The van der Waals surface area contributed by atoms with Crippen LogP contribution in [0.1, 0.15) is 15.2 Å². The number of rotatable bonds is 3. The van der Waals surface area contributed by atoms with E-state index in [2.05, 4.69) is 5.32 Å². The molecule has 2 rings (SSSR count). The van der Waals surface area contributed by atoms with E-state index in [1.807, 2.05) is 6.07 Å². The molecule has 0 atom stereocenters. The summed E-state index contributed by atoms with van der Waals surface area (Å²) in [5.41, 5.74) is 6.30. The number of hydrogen-bond donors (Lipinski definition) is 2. The fourth-order valence-electron chi connectivity index (χ4n) is 1.46. The van der Waals surface area contributed by atoms with Gasteiger partial charge >= 0.3 is 0 Å². The van der Waals surface area contributed by atoms with Crippen LogP contribution in [0.4, 0.5) is 5.69 Å². The minimum atomic E-state index is -0.269. The van der Waals surface area contributed by atoms with Crippen LogP contribution in [-0.4, -0.2) is 5.91 Å². The summed E-state index contributed by atoms with van der Waals surface area (Å²) in [6.45, 7) is 0.399. The van der Waals surface area contributed by atoms with Gasteiger partial charge in [0, 0.05) is 10.4 Å². The van der Waals surface area contributed by atoms with Crippen molar-refractivity contribution < 1.29 is 4.79 Å². The predicted octanol–water partition coefficient (Wildman–Crippen LogP) is 4.22. The van der Waals surface area contributed by atoms with Gasteiger partial charge in [-0.3, -0.25) is 4.79 Å². The van der Waals surface area contributed by atoms with Crippen LogP contribution in [0.3, 0.4) is 0 Å². The van der Waals surface area contributed by atoms with E-state index in [0.717, 1.165) is 4.88 Å². The first-order valence-corrected chi connectivity index (χ1v) is 7.19. The molecular formula is C12H9Cl3N2OS. The number of carbonyl (C=O) groups is 1. The molecule has 3 N–H and O–H groups in total. The second kappa shape index (κ2) is 6.01. The van der Waals surface area contributed by atoms with Gasteiger partial charge in [0.2, 0.25) is 0 Å². The number of nitrogens with one attached hydrogen (secondary N) is 1. The van der Waals surface area contributed by atoms with Crippen molar-refractivity contribution in [2.75, 3.05) is 5.73 Å². The Kier molecular flexibility index (Phi) is 4.58. The Hall–Kier alpha value is -0.940. The van der Waals surface area contributed by atoms with Gasteiger partial charge < -0.3 is 11.1 Å². The van der Waals surface area contributed by atoms with E-state index in [1.165, 1.54) is 23.5 Å². The third-order valence-electron chi connectivity index (χ3n) is 2.37. The zero-order valence-electron chi connectivity index (χ0n) is 9.54. The number of nitrogen functional groups attached to an aromatic ring is 1. The quantitative estimate of drug-likeness (QED) is 0.825. The van der Waals surface area contributed by atoms with Crippen LogP contribution >= 0.6 is 46.1 Å². The van der Waals surface area contributed by atoms with E-state index in [1.54, 1.807) is 6.07 Å². The topological polar surface area (TPSA) is 55.1 Å². The van der Waals surface area contributed by atoms with Crippen molar-refractivity contribution in [3.8, 4) is 0 Å². The van der Waals surface area contributed by atoms with Crippen molar-refractivity contribution in [1.82, 2.24) is 5.32 Å². The summed E-state index contributed by atoms with van der Waals surface area (Å²) >= 11 is 18.9. The Morgan fingerprint density at radius 3 is 2.58 bits per heavy atom. The molecule has 0 aliphatic heterocycles. The van der Waals surface area contributed by atoms with E-state index < -0.39 is 0 Å². The van der Waals surface area contributed by atoms with E-state index >= 15 is 0 Å². The monoisotopic (exact) mass is 334 g/mol. The molecule has 7 heteroatoms. The zero-order valence-corrected chi connectivity index (χ0v) is 12.6. The molecule has 0 saturated heterocycles. The smallest absolute Gasteiger partial charge is 0.251 e. The molecule has 0 radical (unpaired) electrons. The molecule has 0 aliphatic carbocycles. The van der Waals surface area contributed by atoms with Crippen molar-refractivity contribution in [2.24, 2.45) is 0 Å². The third-order valence-corrected chi connectivity index (χ3v) is 4.42. The Morgan fingerprint density at radius 2 is 2.00 bits per heavy atom. The molecule has 3 nitrogen and oxygen atoms in total. The minimum absolute atomic E-state index is 0.253. The molecule has 0 fully saturated rings. The highest BCUT2D eigenvalue weighted by atomic mass is 35.5. The van der Waals surface area contributed by atoms with Gasteiger partial charge in [0.1, 0.15) is 0 Å². The molecule has 1 aromatic heterocycles. The summed E-state index contributed by atoms with van der Waals surface area (Å²) in [4.78, 5) is 12.9. The maximum Gasteiger partial charge on any atom is 0.251 e. The van der Waals surface area contributed by atoms with Gasteiger partial charge in [-0.25, -0.2) is 0 Å². The molecule has 19 heavy (non-hydrogen) atoms. The standard InChI is InChI=1S/C12H9Cl3N2OS/c13-8-3-6(4-9(16)11(8)15)12(18)17-5-7-1-2-10(14)19-7/h1-4H,5,16H2,(H,17,18). The van der Waals surface area contributed by atoms with Gasteiger partial charge in [0.15, 0.2) is 0 Å². The first kappa shape index (κ1) is 14.5. The van der Waals surface area contributed by atoms with Crippen LogP contribution in [0, 0.1) is 0 Å². The molecular weight excluding hydrogens is 327 g/mol. The highest BCUT2D eigenvalue weighted by molar-refractivity contribution is 7.16. The van der Waals surface area contributed by atoms with Crippen molar-refractivity contribution in [2.45, 2.75) is 6.54 Å². The van der Waals surface area contributed by atoms with Crippen molar-refractivity contribution in [1.29, 1.82) is 0 Å². The van der Waals surface area contributed by atoms with E-state index in [-0.39, 0.29) is 21.6 Å². The van der Waals surface area contributed by atoms with E-state index in [9.17, 15) is 4.79 Å². The maximum absolute atomic E-state index is 11.9. The fourth-order valence-corrected chi connectivity index (χ4v) is 2.82. The Balaban J connectivity index is 2.08. The normalized spacial score (nSPS) is 10.5. The lowest BCUT2D eigenvalue weighted by molar-refractivity contribution is 0.0951. The first-order chi connectivity index (χ1) is 8.97. The molecule has 100 valence electrons. The van der Waals surface area contributed by atoms with Crippen LogP contribution in [0.2, 0.25) is 14.4 Å². The lowest BCUT2D eigenvalue weighted by Gasteiger charge is -2.07. The Morgan fingerprint density at radius 1 is 1.26 bits per heavy atom. The molecule has 0 saturated carbocycles. The molecule has 0 bridgehead atoms. The number of halogens is 3. The average molecular weight is 336 g/mol. The molecule has 2 aromatic rings. The van der Waals surface area contributed by atoms with Crippen LogP contribution in [0.25, 0.3) is 0 Å². The second-order valence-corrected chi connectivity index (χ2v) is 6.33. The van der Waals surface area contributed by atoms with Gasteiger partial charge in [-0.05, 0) is 24.3 Å². The van der Waals surface area contributed by atoms with Gasteiger partial charge in [-0.1, -0.05) is 34.8 Å². The van der Waals surface area contributed by atoms with Crippen molar-refractivity contribution in [3.05, 3.63) is 49.1 Å². The van der Waals surface area contributed by atoms with Crippen LogP contribution < -0.4 is 11.1 Å². The van der Waals surface area contributed by atoms with E-state index in [0.29, 0.717) is 16.4 Å². The minimum Gasteiger partial charge on any atom is -0.397 e. The van der Waals surface area contributed by atoms with Crippen molar-refractivity contribution in [3.63, 3.8) is 0 Å². The van der Waals surface area contributed by atoms with Crippen LogP contribution in [0.15, 0.2) is 24.3 Å². The maximum atomic E-state index is 11.9. The summed E-state index contributed by atoms with van der Waals surface area (Å²) < 4.78 is 0.683. The summed E-state index contributed by atoms with van der Waals surface area (Å²) in [6, 6.07) is 6.61. The fraction of sp³-hybridized carbons (Fsp3) is 0.0833. The molecule has 1 amide bonds. The molecule has 0 spiro atoms. The molecule has 1 aromatic carbocycles. The average Bonchev–Trinajstić information content (AvgIpc) is 2.78. The lowest BCUT2D eigenvalue weighted by atomic mass is 10.2. The number of amides is 1. The number of anilines is 1. The number of hydrogen-bond acceptors (Lipinski definition) is 3. The SMILES string of the molecule is Nc1cc(C(=O)NCc2ccc(Cl)s2)cc(Cl)c1Cl. The third kappa shape index (κ3) is 3.54. The summed E-state index contributed by atoms with van der Waals surface area (Å²) in [6.07, 6.45) is 0. The lowest BCUT2D eigenvalue weighted by Crippen LogP contribution is -2.22. The highest BCUT2D eigenvalue weighted by Gasteiger charge is 2.11. The first-order valence-electron chi connectivity index (χ1n) is 5.24. The van der Waals surface area contributed by atoms with Gasteiger partial charge in [0.05, 0.1) is 26.6 Å². The zero-order chi connectivity index (χ0) is 14.0. The van der Waals surface area contributed by atoms with E-state index in [4.69, 9.17) is 40.5 Å². The molecule has 0 aliphatic rings. The molecule has 0 unspecified atom stereocenters. The van der Waals surface area contributed by atoms with Crippen LogP contribution in [0.5, 0.6) is 0 Å². The largest absolute Gasteiger partial charge is 0.397 e. The summed E-state index contributed by atoms with van der Waals surface area (Å²) in [5, 5.41) is 3.27. The molecule has 1 heterocycles. The van der Waals surface area contributed by atoms with Gasteiger partial charge in [-0.2, -0.15) is 0 Å².